The van der Waals surface area contributed by atoms with Gasteiger partial charge in [0.1, 0.15) is 12.0 Å². The summed E-state index contributed by atoms with van der Waals surface area (Å²) in [4.78, 5) is 15.7. The number of hydrogen-bond acceptors (Lipinski definition) is 4. The molecule has 0 radical (unpaired) electrons. The lowest BCUT2D eigenvalue weighted by molar-refractivity contribution is -0.370. The second kappa shape index (κ2) is 4.01. The van der Waals surface area contributed by atoms with E-state index in [1.54, 1.807) is 0 Å². The van der Waals surface area contributed by atoms with Crippen LogP contribution in [-0.4, -0.2) is 46.8 Å². The van der Waals surface area contributed by atoms with Gasteiger partial charge in [-0.2, -0.15) is 0 Å². The fourth-order valence-corrected chi connectivity index (χ4v) is 10.3. The Morgan fingerprint density at radius 2 is 2.19 bits per heavy atom. The first-order valence-corrected chi connectivity index (χ1v) is 10.7. The van der Waals surface area contributed by atoms with Crippen LogP contribution in [-0.2, 0) is 9.53 Å². The maximum Gasteiger partial charge on any atom is 0.140 e. The summed E-state index contributed by atoms with van der Waals surface area (Å²) in [5.74, 6) is 1.74. The van der Waals surface area contributed by atoms with Gasteiger partial charge in [-0.25, -0.2) is 0 Å². The average molecular weight is 355 g/mol. The van der Waals surface area contributed by atoms with Crippen LogP contribution < -0.4 is 0 Å². The van der Waals surface area contributed by atoms with E-state index in [1.165, 1.54) is 12.8 Å². The van der Waals surface area contributed by atoms with Crippen molar-refractivity contribution in [3.05, 3.63) is 12.2 Å². The number of fused-ring (bicyclic) bond motifs is 2. The Bertz CT molecular complexity index is 779. The zero-order valence-electron chi connectivity index (χ0n) is 15.8. The lowest BCUT2D eigenvalue weighted by Crippen LogP contribution is -2.78. The second-order valence-corrected chi connectivity index (χ2v) is 10.8. The number of rotatable bonds is 1. The zero-order chi connectivity index (χ0) is 17.8. The van der Waals surface area contributed by atoms with Crippen LogP contribution in [0.1, 0.15) is 46.0 Å². The van der Waals surface area contributed by atoms with Crippen LogP contribution in [0.3, 0.4) is 0 Å². The number of ketones is 1. The van der Waals surface area contributed by atoms with Crippen LogP contribution in [0.2, 0.25) is 0 Å². The number of hydrogen-bond donors (Lipinski definition) is 1. The summed E-state index contributed by atoms with van der Waals surface area (Å²) in [7, 11) is 0. The highest BCUT2D eigenvalue weighted by Gasteiger charge is 2.88. The number of carbonyl (C=O) groups is 1. The van der Waals surface area contributed by atoms with Crippen LogP contribution in [0.15, 0.2) is 12.2 Å². The summed E-state index contributed by atoms with van der Waals surface area (Å²) in [6.45, 7) is 9.94. The lowest BCUT2D eigenvalue weighted by Gasteiger charge is -2.73. The van der Waals surface area contributed by atoms with Gasteiger partial charge >= 0.3 is 0 Å². The number of ether oxygens (including phenoxy) is 1. The van der Waals surface area contributed by atoms with Gasteiger partial charge in [0.05, 0.1) is 12.2 Å². The predicted octanol–water partition coefficient (Wildman–Crippen LogP) is 2.36. The van der Waals surface area contributed by atoms with Crippen molar-refractivity contribution in [2.45, 2.75) is 70.4 Å². The van der Waals surface area contributed by atoms with Gasteiger partial charge in [-0.05, 0) is 55.6 Å². The third-order valence-corrected chi connectivity index (χ3v) is 10.8. The molecule has 4 heterocycles. The molecule has 4 aliphatic heterocycles. The minimum atomic E-state index is -0.487. The van der Waals surface area contributed by atoms with Crippen LogP contribution in [0.25, 0.3) is 0 Å². The largest absolute Gasteiger partial charge is 0.388 e. The average Bonchev–Trinajstić information content (AvgIpc) is 3.17. The molecular formula is C22H29NO3. The van der Waals surface area contributed by atoms with E-state index in [-0.39, 0.29) is 28.4 Å². The zero-order valence-corrected chi connectivity index (χ0v) is 15.8. The molecule has 4 heteroatoms. The Kier molecular flexibility index (Phi) is 2.35. The molecule has 9 rings (SSSR count). The minimum absolute atomic E-state index is 0.0853. The molecule has 5 aliphatic carbocycles. The summed E-state index contributed by atoms with van der Waals surface area (Å²) in [5.41, 5.74) is 1.03. The van der Waals surface area contributed by atoms with Crippen molar-refractivity contribution in [2.75, 3.05) is 6.54 Å². The van der Waals surface area contributed by atoms with Gasteiger partial charge in [-0.3, -0.25) is 9.69 Å². The van der Waals surface area contributed by atoms with Gasteiger partial charge in [-0.15, -0.1) is 0 Å². The van der Waals surface area contributed by atoms with Crippen LogP contribution in [0.4, 0.5) is 0 Å². The molecule has 1 unspecified atom stereocenters. The smallest absolute Gasteiger partial charge is 0.140 e. The van der Waals surface area contributed by atoms with Gasteiger partial charge in [0.15, 0.2) is 0 Å². The quantitative estimate of drug-likeness (QED) is 0.734. The third kappa shape index (κ3) is 1.11. The number of Topliss-reactive ketones (excluding diaryl/α,β-unsaturated/α-hetero) is 1. The Morgan fingerprint density at radius 1 is 1.38 bits per heavy atom. The molecule has 9 bridgehead atoms. The van der Waals surface area contributed by atoms with Crippen molar-refractivity contribution in [1.82, 2.24) is 4.90 Å². The van der Waals surface area contributed by atoms with Crippen molar-refractivity contribution in [2.24, 2.45) is 39.9 Å². The number of carbonyl (C=O) groups excluding carboxylic acids is 1. The van der Waals surface area contributed by atoms with E-state index < -0.39 is 6.10 Å². The molecule has 9 aliphatic rings. The van der Waals surface area contributed by atoms with Gasteiger partial charge in [0.25, 0.3) is 0 Å². The molecule has 9 fully saturated rings. The highest BCUT2D eigenvalue weighted by atomic mass is 16.5. The van der Waals surface area contributed by atoms with E-state index in [0.29, 0.717) is 42.1 Å². The molecule has 2 spiro atoms. The molecule has 26 heavy (non-hydrogen) atoms. The second-order valence-electron chi connectivity index (χ2n) is 10.8. The normalized spacial score (nSPS) is 66.7. The molecule has 4 saturated heterocycles. The Morgan fingerprint density at radius 3 is 2.96 bits per heavy atom. The van der Waals surface area contributed by atoms with Gasteiger partial charge in [0.2, 0.25) is 0 Å². The minimum Gasteiger partial charge on any atom is -0.388 e. The standard InChI is InChI=1S/C22H29NO3/c1-4-23-17-12-7-14-20(3)6-5-16(26-19(20)23)22(14,17)15-8-13(24)11-9-21(12,15)18(25)10(11)2/h11-12,14-19,25H,2,4-9H2,1,3H3/t11-,12?,14+,15+,16-,17+,18+,19-,20+,21-,22-/m1/s1. The van der Waals surface area contributed by atoms with Crippen LogP contribution in [0, 0.1) is 39.9 Å². The lowest BCUT2D eigenvalue weighted by atomic mass is 9.41. The van der Waals surface area contributed by atoms with Crippen molar-refractivity contribution >= 4 is 5.78 Å². The predicted molar refractivity (Wildman–Crippen MR) is 95.0 cm³/mol. The SMILES string of the molecule is C=C1[C@H]2C[C@]3(C4C[C@H]5[C@]6(C)CC[C@H]7O[C@H]6N(CC)[C@@H]4[C@]75[C@H]3CC2=O)[C@H]1O. The van der Waals surface area contributed by atoms with Crippen molar-refractivity contribution in [3.8, 4) is 0 Å². The fourth-order valence-electron chi connectivity index (χ4n) is 10.3. The number of nitrogens with zero attached hydrogens (tertiary/aromatic N) is 1. The number of aliphatic hydroxyl groups is 1. The summed E-state index contributed by atoms with van der Waals surface area (Å²) >= 11 is 0. The molecule has 0 aromatic carbocycles. The maximum atomic E-state index is 13.0. The Labute approximate surface area is 155 Å². The summed E-state index contributed by atoms with van der Waals surface area (Å²) < 4.78 is 6.75. The first-order chi connectivity index (χ1) is 12.4. The topological polar surface area (TPSA) is 49.8 Å². The van der Waals surface area contributed by atoms with Crippen molar-refractivity contribution in [1.29, 1.82) is 0 Å². The molecule has 0 aromatic heterocycles. The molecule has 1 N–H and O–H groups in total. The van der Waals surface area contributed by atoms with E-state index in [4.69, 9.17) is 4.74 Å². The molecule has 0 amide bonds. The summed E-state index contributed by atoms with van der Waals surface area (Å²) in [5, 5.41) is 11.4. The molecule has 11 atom stereocenters. The molecule has 4 nitrogen and oxygen atoms in total. The van der Waals surface area contributed by atoms with Crippen LogP contribution in [0.5, 0.6) is 0 Å². The van der Waals surface area contributed by atoms with E-state index in [9.17, 15) is 9.90 Å². The van der Waals surface area contributed by atoms with Gasteiger partial charge in [-0.1, -0.05) is 20.4 Å². The monoisotopic (exact) mass is 355 g/mol. The first kappa shape index (κ1) is 15.2. The number of piperidine rings is 1. The van der Waals surface area contributed by atoms with Crippen molar-refractivity contribution < 1.29 is 14.6 Å². The van der Waals surface area contributed by atoms with E-state index in [2.05, 4.69) is 25.3 Å². The highest BCUT2D eigenvalue weighted by molar-refractivity contribution is 5.87. The van der Waals surface area contributed by atoms with Gasteiger partial charge < -0.3 is 9.84 Å². The Hall–Kier alpha value is -0.710. The molecule has 140 valence electrons. The summed E-state index contributed by atoms with van der Waals surface area (Å²) in [6.07, 6.45) is 5.21. The first-order valence-electron chi connectivity index (χ1n) is 10.7. The maximum absolute atomic E-state index is 13.0. The fraction of sp³-hybridized carbons (Fsp3) is 0.864. The molecule has 0 aromatic rings. The Balaban J connectivity index is 1.52. The molecule has 5 saturated carbocycles. The molecular weight excluding hydrogens is 326 g/mol. The third-order valence-electron chi connectivity index (χ3n) is 10.8. The van der Waals surface area contributed by atoms with E-state index in [1.807, 2.05) is 0 Å². The van der Waals surface area contributed by atoms with E-state index in [0.717, 1.165) is 25.0 Å². The summed E-state index contributed by atoms with van der Waals surface area (Å²) in [6, 6.07) is 0.506. The number of aliphatic hydroxyl groups excluding tert-OH is 1. The van der Waals surface area contributed by atoms with E-state index >= 15 is 0 Å². The van der Waals surface area contributed by atoms with Gasteiger partial charge in [0, 0.05) is 34.6 Å². The van der Waals surface area contributed by atoms with Crippen LogP contribution >= 0.6 is 0 Å². The highest BCUT2D eigenvalue weighted by Crippen LogP contribution is 2.86. The van der Waals surface area contributed by atoms with Crippen molar-refractivity contribution in [3.63, 3.8) is 0 Å².